The van der Waals surface area contributed by atoms with E-state index < -0.39 is 27.9 Å². The van der Waals surface area contributed by atoms with E-state index in [0.29, 0.717) is 0 Å². The van der Waals surface area contributed by atoms with Crippen molar-refractivity contribution in [2.75, 3.05) is 6.61 Å². The minimum Gasteiger partial charge on any atom is -0.488 e. The van der Waals surface area contributed by atoms with Crippen LogP contribution in [-0.2, 0) is 4.79 Å². The number of aliphatic carboxylic acids is 1. The predicted molar refractivity (Wildman–Crippen MR) is 70.7 cm³/mol. The number of carboxylic acids is 1. The number of rotatable bonds is 7. The molecule has 0 bridgehead atoms. The Balaban J connectivity index is 2.06. The fourth-order valence-corrected chi connectivity index (χ4v) is 1.79. The zero-order valence-corrected chi connectivity index (χ0v) is 11.3. The van der Waals surface area contributed by atoms with Crippen LogP contribution in [0.15, 0.2) is 18.2 Å². The maximum Gasteiger partial charge on any atom is 0.327 e. The van der Waals surface area contributed by atoms with E-state index in [1.165, 1.54) is 6.92 Å². The molecule has 2 rings (SSSR count). The van der Waals surface area contributed by atoms with E-state index in [1.54, 1.807) is 0 Å². The van der Waals surface area contributed by atoms with Gasteiger partial charge in [0.2, 0.25) is 0 Å². The van der Waals surface area contributed by atoms with Gasteiger partial charge in [-0.2, -0.15) is 0 Å². The molecule has 0 aromatic heterocycles. The lowest BCUT2D eigenvalue weighted by molar-refractivity contribution is -0.385. The average molecular weight is 298 g/mol. The second-order valence-electron chi connectivity index (χ2n) is 5.22. The van der Waals surface area contributed by atoms with E-state index in [0.717, 1.165) is 31.0 Å². The summed E-state index contributed by atoms with van der Waals surface area (Å²) >= 11 is 0. The molecule has 2 N–H and O–H groups in total. The Morgan fingerprint density at radius 2 is 2.29 bits per heavy atom. The Morgan fingerprint density at radius 3 is 2.76 bits per heavy atom. The number of non-ortho nitro benzene ring substituents is 1. The van der Waals surface area contributed by atoms with Crippen LogP contribution in [0.1, 0.15) is 19.8 Å². The van der Waals surface area contributed by atoms with E-state index in [-0.39, 0.29) is 18.4 Å². The fraction of sp³-hybridized carbons (Fsp3) is 0.462. The third kappa shape index (κ3) is 3.66. The van der Waals surface area contributed by atoms with Gasteiger partial charge in [-0.1, -0.05) is 0 Å². The molecule has 114 valence electrons. The first-order chi connectivity index (χ1) is 9.82. The van der Waals surface area contributed by atoms with Crippen LogP contribution in [0.25, 0.3) is 0 Å². The van der Waals surface area contributed by atoms with E-state index in [4.69, 9.17) is 4.74 Å². The fourth-order valence-electron chi connectivity index (χ4n) is 1.79. The highest BCUT2D eigenvalue weighted by Crippen LogP contribution is 2.25. The van der Waals surface area contributed by atoms with Gasteiger partial charge in [0.15, 0.2) is 11.6 Å². The summed E-state index contributed by atoms with van der Waals surface area (Å²) in [5.74, 6) is -2.22. The quantitative estimate of drug-likeness (QED) is 0.587. The van der Waals surface area contributed by atoms with Crippen LogP contribution in [0.3, 0.4) is 0 Å². The van der Waals surface area contributed by atoms with Crippen LogP contribution in [0.2, 0.25) is 0 Å². The molecule has 1 unspecified atom stereocenters. The topological polar surface area (TPSA) is 102 Å². The Kier molecular flexibility index (Phi) is 4.08. The molecule has 7 nitrogen and oxygen atoms in total. The predicted octanol–water partition coefficient (Wildman–Crippen LogP) is 1.71. The summed E-state index contributed by atoms with van der Waals surface area (Å²) in [5.41, 5.74) is -1.73. The minimum absolute atomic E-state index is 0.136. The van der Waals surface area contributed by atoms with Gasteiger partial charge < -0.3 is 9.84 Å². The van der Waals surface area contributed by atoms with Crippen LogP contribution in [0.5, 0.6) is 5.75 Å². The molecule has 0 amide bonds. The van der Waals surface area contributed by atoms with Crippen molar-refractivity contribution in [3.05, 3.63) is 34.1 Å². The number of benzene rings is 1. The molecule has 1 fully saturated rings. The number of hydrogen-bond acceptors (Lipinski definition) is 5. The van der Waals surface area contributed by atoms with Gasteiger partial charge in [0.05, 0.1) is 11.0 Å². The second-order valence-corrected chi connectivity index (χ2v) is 5.22. The first-order valence-corrected chi connectivity index (χ1v) is 6.40. The maximum atomic E-state index is 13.7. The Morgan fingerprint density at radius 1 is 1.62 bits per heavy atom. The molecule has 0 saturated heterocycles. The summed E-state index contributed by atoms with van der Waals surface area (Å²) in [6.07, 6.45) is 1.80. The van der Waals surface area contributed by atoms with Crippen molar-refractivity contribution in [2.24, 2.45) is 0 Å². The average Bonchev–Trinajstić information content (AvgIpc) is 3.20. The normalized spacial score (nSPS) is 17.0. The molecule has 0 heterocycles. The zero-order chi connectivity index (χ0) is 15.6. The summed E-state index contributed by atoms with van der Waals surface area (Å²) in [4.78, 5) is 21.1. The highest BCUT2D eigenvalue weighted by molar-refractivity contribution is 5.78. The number of ether oxygens (including phenoxy) is 1. The first-order valence-electron chi connectivity index (χ1n) is 6.40. The number of nitro benzene ring substituents is 1. The number of nitro groups is 1. The summed E-state index contributed by atoms with van der Waals surface area (Å²) in [6, 6.07) is 3.09. The van der Waals surface area contributed by atoms with Crippen molar-refractivity contribution in [2.45, 2.75) is 31.3 Å². The SMILES string of the molecule is CC(COc1ccc([N+](=O)[O-])cc1F)(NC1CC1)C(=O)O. The van der Waals surface area contributed by atoms with Crippen LogP contribution in [0, 0.1) is 15.9 Å². The van der Waals surface area contributed by atoms with Crippen LogP contribution >= 0.6 is 0 Å². The molecule has 1 aromatic carbocycles. The van der Waals surface area contributed by atoms with Crippen LogP contribution in [-0.4, -0.2) is 34.2 Å². The zero-order valence-electron chi connectivity index (χ0n) is 11.3. The van der Waals surface area contributed by atoms with Gasteiger partial charge in [0.1, 0.15) is 12.1 Å². The van der Waals surface area contributed by atoms with Crippen molar-refractivity contribution in [1.29, 1.82) is 0 Å². The summed E-state index contributed by atoms with van der Waals surface area (Å²) in [5, 5.41) is 22.7. The van der Waals surface area contributed by atoms with Crippen molar-refractivity contribution >= 4 is 11.7 Å². The summed E-state index contributed by atoms with van der Waals surface area (Å²) in [7, 11) is 0. The van der Waals surface area contributed by atoms with E-state index in [1.807, 2.05) is 0 Å². The lowest BCUT2D eigenvalue weighted by Gasteiger charge is -2.26. The van der Waals surface area contributed by atoms with Gasteiger partial charge in [0, 0.05) is 12.1 Å². The summed E-state index contributed by atoms with van der Waals surface area (Å²) in [6.45, 7) is 1.17. The van der Waals surface area contributed by atoms with Gasteiger partial charge in [-0.15, -0.1) is 0 Å². The Hall–Kier alpha value is -2.22. The largest absolute Gasteiger partial charge is 0.488 e. The third-order valence-electron chi connectivity index (χ3n) is 3.21. The molecule has 1 aromatic rings. The van der Waals surface area contributed by atoms with Crippen LogP contribution in [0.4, 0.5) is 10.1 Å². The van der Waals surface area contributed by atoms with E-state index in [9.17, 15) is 24.4 Å². The Bertz CT molecular complexity index is 576. The van der Waals surface area contributed by atoms with Crippen molar-refractivity contribution in [3.63, 3.8) is 0 Å². The van der Waals surface area contributed by atoms with Gasteiger partial charge >= 0.3 is 5.97 Å². The molecule has 1 aliphatic rings. The first kappa shape index (κ1) is 15.2. The van der Waals surface area contributed by atoms with Crippen molar-refractivity contribution in [1.82, 2.24) is 5.32 Å². The number of nitrogens with one attached hydrogen (secondary N) is 1. The molecule has 21 heavy (non-hydrogen) atoms. The molecular weight excluding hydrogens is 283 g/mol. The van der Waals surface area contributed by atoms with Crippen molar-refractivity contribution < 1.29 is 24.0 Å². The molecular formula is C13H15FN2O5. The van der Waals surface area contributed by atoms with E-state index in [2.05, 4.69) is 5.32 Å². The molecule has 0 spiro atoms. The number of carboxylic acid groups (broad SMARTS) is 1. The molecule has 8 heteroatoms. The number of hydrogen-bond donors (Lipinski definition) is 2. The Labute approximate surface area is 119 Å². The van der Waals surface area contributed by atoms with Crippen LogP contribution < -0.4 is 10.1 Å². The van der Waals surface area contributed by atoms with E-state index >= 15 is 0 Å². The molecule has 0 aliphatic heterocycles. The lowest BCUT2D eigenvalue weighted by Crippen LogP contribution is -2.54. The number of halogens is 1. The third-order valence-corrected chi connectivity index (χ3v) is 3.21. The highest BCUT2D eigenvalue weighted by Gasteiger charge is 2.39. The van der Waals surface area contributed by atoms with Gasteiger partial charge in [0.25, 0.3) is 5.69 Å². The minimum atomic E-state index is -1.34. The smallest absolute Gasteiger partial charge is 0.327 e. The number of carbonyl (C=O) groups is 1. The number of nitrogens with zero attached hydrogens (tertiary/aromatic N) is 1. The van der Waals surface area contributed by atoms with Crippen molar-refractivity contribution in [3.8, 4) is 5.75 Å². The van der Waals surface area contributed by atoms with Gasteiger partial charge in [-0.25, -0.2) is 4.39 Å². The van der Waals surface area contributed by atoms with Gasteiger partial charge in [-0.05, 0) is 25.8 Å². The van der Waals surface area contributed by atoms with Gasteiger partial charge in [-0.3, -0.25) is 20.2 Å². The molecule has 0 radical (unpaired) electrons. The lowest BCUT2D eigenvalue weighted by atomic mass is 10.0. The monoisotopic (exact) mass is 298 g/mol. The molecule has 1 aliphatic carbocycles. The standard InChI is InChI=1S/C13H15FN2O5/c1-13(12(17)18,15-8-2-3-8)7-21-11-5-4-9(16(19)20)6-10(11)14/h4-6,8,15H,2-3,7H2,1H3,(H,17,18). The molecule has 1 saturated carbocycles. The molecule has 1 atom stereocenters. The second kappa shape index (κ2) is 5.65. The highest BCUT2D eigenvalue weighted by atomic mass is 19.1. The summed E-state index contributed by atoms with van der Waals surface area (Å²) < 4.78 is 18.9. The maximum absolute atomic E-state index is 13.7.